The molecule has 1 saturated carbocycles. The molecule has 1 heterocycles. The lowest BCUT2D eigenvalue weighted by Gasteiger charge is -2.14. The molecule has 5 heteroatoms. The Labute approximate surface area is 152 Å². The van der Waals surface area contributed by atoms with E-state index in [2.05, 4.69) is 5.32 Å². The van der Waals surface area contributed by atoms with Crippen molar-refractivity contribution in [1.82, 2.24) is 5.32 Å². The van der Waals surface area contributed by atoms with Crippen molar-refractivity contribution in [2.24, 2.45) is 0 Å². The quantitative estimate of drug-likeness (QED) is 0.710. The van der Waals surface area contributed by atoms with Crippen LogP contribution in [0.5, 0.6) is 0 Å². The van der Waals surface area contributed by atoms with Crippen LogP contribution in [-0.4, -0.2) is 11.9 Å². The Hall–Kier alpha value is -1.75. The zero-order chi connectivity index (χ0) is 17.5. The fraction of sp³-hybridized carbons (Fsp3) is 0.450. The fourth-order valence-corrected chi connectivity index (χ4v) is 4.03. The van der Waals surface area contributed by atoms with Crippen LogP contribution in [0.15, 0.2) is 40.8 Å². The van der Waals surface area contributed by atoms with Crippen molar-refractivity contribution in [1.29, 1.82) is 0 Å². The number of halogens is 1. The Kier molecular flexibility index (Phi) is 6.56. The van der Waals surface area contributed by atoms with Gasteiger partial charge in [-0.25, -0.2) is 4.39 Å². The number of carbonyl (C=O) groups excluding carboxylic acids is 1. The summed E-state index contributed by atoms with van der Waals surface area (Å²) in [6.45, 7) is 0. The molecule has 25 heavy (non-hydrogen) atoms. The lowest BCUT2D eigenvalue weighted by molar-refractivity contribution is 0.0904. The van der Waals surface area contributed by atoms with Crippen LogP contribution >= 0.6 is 11.8 Å². The van der Waals surface area contributed by atoms with Crippen LogP contribution < -0.4 is 5.32 Å². The maximum Gasteiger partial charge on any atom is 0.287 e. The Morgan fingerprint density at radius 3 is 2.68 bits per heavy atom. The molecule has 0 saturated heterocycles. The van der Waals surface area contributed by atoms with Crippen LogP contribution in [0.1, 0.15) is 60.4 Å². The highest BCUT2D eigenvalue weighted by Gasteiger charge is 2.18. The third kappa shape index (κ3) is 5.63. The molecule has 2 aromatic rings. The number of rotatable bonds is 6. The largest absolute Gasteiger partial charge is 0.455 e. The van der Waals surface area contributed by atoms with Gasteiger partial charge in [0.2, 0.25) is 0 Å². The standard InChI is InChI=1S/C20H24FNO2S/c21-16-7-5-6-15(12-16)13-25-14-18-10-11-19(24-18)20(23)22-17-8-3-1-2-4-9-17/h5-7,10-12,17H,1-4,8-9,13-14H2,(H,22,23). The molecule has 0 unspecified atom stereocenters. The number of amides is 1. The average molecular weight is 361 g/mol. The zero-order valence-corrected chi connectivity index (χ0v) is 15.1. The molecule has 1 N–H and O–H groups in total. The molecule has 1 aliphatic rings. The summed E-state index contributed by atoms with van der Waals surface area (Å²) < 4.78 is 18.8. The molecule has 0 spiro atoms. The summed E-state index contributed by atoms with van der Waals surface area (Å²) in [5.74, 6) is 2.19. The van der Waals surface area contributed by atoms with E-state index in [4.69, 9.17) is 4.42 Å². The number of hydrogen-bond donors (Lipinski definition) is 1. The molecule has 0 aliphatic heterocycles. The first-order valence-electron chi connectivity index (χ1n) is 8.92. The van der Waals surface area contributed by atoms with E-state index in [0.717, 1.165) is 24.2 Å². The monoisotopic (exact) mass is 361 g/mol. The number of carbonyl (C=O) groups is 1. The first kappa shape index (κ1) is 18.1. The third-order valence-electron chi connectivity index (χ3n) is 4.48. The van der Waals surface area contributed by atoms with Crippen LogP contribution in [0.3, 0.4) is 0 Å². The van der Waals surface area contributed by atoms with Gasteiger partial charge in [0.25, 0.3) is 5.91 Å². The Morgan fingerprint density at radius 1 is 1.12 bits per heavy atom. The normalized spacial score (nSPS) is 15.7. The summed E-state index contributed by atoms with van der Waals surface area (Å²) >= 11 is 1.64. The number of nitrogens with one attached hydrogen (secondary N) is 1. The molecule has 3 rings (SSSR count). The van der Waals surface area contributed by atoms with Gasteiger partial charge < -0.3 is 9.73 Å². The molecule has 0 atom stereocenters. The molecule has 0 bridgehead atoms. The van der Waals surface area contributed by atoms with Crippen molar-refractivity contribution in [3.8, 4) is 0 Å². The van der Waals surface area contributed by atoms with Crippen LogP contribution in [0.4, 0.5) is 4.39 Å². The summed E-state index contributed by atoms with van der Waals surface area (Å²) in [4.78, 5) is 12.3. The van der Waals surface area contributed by atoms with Crippen LogP contribution in [-0.2, 0) is 11.5 Å². The smallest absolute Gasteiger partial charge is 0.287 e. The van der Waals surface area contributed by atoms with Crippen molar-refractivity contribution >= 4 is 17.7 Å². The van der Waals surface area contributed by atoms with Crippen LogP contribution in [0, 0.1) is 5.82 Å². The van der Waals surface area contributed by atoms with Gasteiger partial charge in [-0.15, -0.1) is 11.8 Å². The lowest BCUT2D eigenvalue weighted by Crippen LogP contribution is -2.34. The average Bonchev–Trinajstić information content (AvgIpc) is 2.92. The van der Waals surface area contributed by atoms with Gasteiger partial charge in [-0.1, -0.05) is 37.8 Å². The molecular weight excluding hydrogens is 337 g/mol. The van der Waals surface area contributed by atoms with Gasteiger partial charge in [-0.2, -0.15) is 0 Å². The first-order chi connectivity index (χ1) is 12.2. The van der Waals surface area contributed by atoms with Crippen molar-refractivity contribution in [3.63, 3.8) is 0 Å². The minimum Gasteiger partial charge on any atom is -0.455 e. The van der Waals surface area contributed by atoms with Crippen molar-refractivity contribution in [3.05, 3.63) is 59.3 Å². The number of hydrogen-bond acceptors (Lipinski definition) is 3. The number of benzene rings is 1. The number of furan rings is 1. The van der Waals surface area contributed by atoms with E-state index in [9.17, 15) is 9.18 Å². The second-order valence-corrected chi connectivity index (χ2v) is 7.54. The van der Waals surface area contributed by atoms with Gasteiger partial charge >= 0.3 is 0 Å². The summed E-state index contributed by atoms with van der Waals surface area (Å²) in [5, 5.41) is 3.10. The lowest BCUT2D eigenvalue weighted by atomic mass is 10.1. The molecular formula is C20H24FNO2S. The second kappa shape index (κ2) is 9.09. The van der Waals surface area contributed by atoms with E-state index in [1.807, 2.05) is 12.1 Å². The zero-order valence-electron chi connectivity index (χ0n) is 14.3. The SMILES string of the molecule is O=C(NC1CCCCCC1)c1ccc(CSCc2cccc(F)c2)o1. The van der Waals surface area contributed by atoms with Gasteiger partial charge in [0, 0.05) is 11.8 Å². The maximum absolute atomic E-state index is 13.2. The highest BCUT2D eigenvalue weighted by atomic mass is 32.2. The molecule has 3 nitrogen and oxygen atoms in total. The van der Waals surface area contributed by atoms with E-state index in [1.54, 1.807) is 30.0 Å². The van der Waals surface area contributed by atoms with E-state index in [0.29, 0.717) is 17.3 Å². The molecule has 134 valence electrons. The Morgan fingerprint density at radius 2 is 1.92 bits per heavy atom. The van der Waals surface area contributed by atoms with Gasteiger partial charge in [-0.05, 0) is 42.7 Å². The van der Waals surface area contributed by atoms with Gasteiger partial charge in [-0.3, -0.25) is 4.79 Å². The van der Waals surface area contributed by atoms with E-state index in [1.165, 1.54) is 31.7 Å². The van der Waals surface area contributed by atoms with Crippen LogP contribution in [0.25, 0.3) is 0 Å². The minimum atomic E-state index is -0.214. The third-order valence-corrected chi connectivity index (χ3v) is 5.50. The molecule has 0 radical (unpaired) electrons. The van der Waals surface area contributed by atoms with Crippen molar-refractivity contribution < 1.29 is 13.6 Å². The minimum absolute atomic E-state index is 0.117. The predicted octanol–water partition coefficient (Wildman–Crippen LogP) is 5.30. The Balaban J connectivity index is 1.47. The molecule has 1 amide bonds. The van der Waals surface area contributed by atoms with E-state index < -0.39 is 0 Å². The topological polar surface area (TPSA) is 42.2 Å². The predicted molar refractivity (Wildman–Crippen MR) is 99.1 cm³/mol. The number of thioether (sulfide) groups is 1. The summed E-state index contributed by atoms with van der Waals surface area (Å²) in [5.41, 5.74) is 0.947. The Bertz CT molecular complexity index is 693. The van der Waals surface area contributed by atoms with Gasteiger partial charge in [0.1, 0.15) is 11.6 Å². The van der Waals surface area contributed by atoms with Gasteiger partial charge in [0.05, 0.1) is 5.75 Å². The van der Waals surface area contributed by atoms with Crippen LogP contribution in [0.2, 0.25) is 0 Å². The molecule has 1 fully saturated rings. The molecule has 1 aromatic heterocycles. The highest BCUT2D eigenvalue weighted by molar-refractivity contribution is 7.97. The first-order valence-corrected chi connectivity index (χ1v) is 10.1. The summed E-state index contributed by atoms with van der Waals surface area (Å²) in [7, 11) is 0. The molecule has 1 aliphatic carbocycles. The summed E-state index contributed by atoms with van der Waals surface area (Å²) in [6, 6.07) is 10.5. The fourth-order valence-electron chi connectivity index (χ4n) is 3.15. The maximum atomic E-state index is 13.2. The van der Waals surface area contributed by atoms with Crippen molar-refractivity contribution in [2.75, 3.05) is 0 Å². The van der Waals surface area contributed by atoms with Gasteiger partial charge in [0.15, 0.2) is 5.76 Å². The molecule has 1 aromatic carbocycles. The van der Waals surface area contributed by atoms with E-state index >= 15 is 0 Å². The van der Waals surface area contributed by atoms with E-state index in [-0.39, 0.29) is 17.8 Å². The second-order valence-electron chi connectivity index (χ2n) is 6.55. The van der Waals surface area contributed by atoms with Crippen molar-refractivity contribution in [2.45, 2.75) is 56.1 Å². The highest BCUT2D eigenvalue weighted by Crippen LogP contribution is 2.21. The summed E-state index contributed by atoms with van der Waals surface area (Å²) in [6.07, 6.45) is 7.02.